The Morgan fingerprint density at radius 1 is 1.50 bits per heavy atom. The van der Waals surface area contributed by atoms with Crippen molar-refractivity contribution < 1.29 is 9.53 Å². The van der Waals surface area contributed by atoms with Crippen LogP contribution in [0.2, 0.25) is 0 Å². The zero-order valence-electron chi connectivity index (χ0n) is 9.21. The normalized spacial score (nSPS) is 14.1. The van der Waals surface area contributed by atoms with Gasteiger partial charge in [0.2, 0.25) is 0 Å². The van der Waals surface area contributed by atoms with Crippen LogP contribution in [-0.2, 0) is 11.2 Å². The Bertz CT molecular complexity index is 480. The van der Waals surface area contributed by atoms with E-state index in [1.54, 1.807) is 6.07 Å². The van der Waals surface area contributed by atoms with E-state index in [0.717, 1.165) is 28.7 Å². The van der Waals surface area contributed by atoms with Crippen molar-refractivity contribution in [3.8, 4) is 0 Å². The van der Waals surface area contributed by atoms with Gasteiger partial charge >= 0.3 is 5.97 Å². The van der Waals surface area contributed by atoms with Crippen LogP contribution in [-0.4, -0.2) is 25.3 Å². The number of hydrogen-bond donors (Lipinski definition) is 0. The molecular formula is C12H12BrNO2. The molecule has 1 aromatic rings. The lowest BCUT2D eigenvalue weighted by molar-refractivity contribution is 0.0599. The first-order valence-corrected chi connectivity index (χ1v) is 5.85. The van der Waals surface area contributed by atoms with Crippen molar-refractivity contribution in [3.05, 3.63) is 33.3 Å². The van der Waals surface area contributed by atoms with Gasteiger partial charge in [-0.05, 0) is 40.9 Å². The predicted molar refractivity (Wildman–Crippen MR) is 66.3 cm³/mol. The minimum atomic E-state index is -0.326. The monoisotopic (exact) mass is 281 g/mol. The van der Waals surface area contributed by atoms with Gasteiger partial charge in [-0.2, -0.15) is 0 Å². The number of fused-ring (bicyclic) bond motifs is 1. The average Bonchev–Trinajstić information content (AvgIpc) is 2.28. The van der Waals surface area contributed by atoms with E-state index < -0.39 is 0 Å². The molecule has 1 aromatic carbocycles. The maximum atomic E-state index is 11.5. The largest absolute Gasteiger partial charge is 0.465 e. The van der Waals surface area contributed by atoms with Gasteiger partial charge in [-0.15, -0.1) is 0 Å². The Labute approximate surface area is 103 Å². The zero-order valence-corrected chi connectivity index (χ0v) is 10.8. The number of methoxy groups -OCH3 is 1. The molecule has 0 bridgehead atoms. The predicted octanol–water partition coefficient (Wildman–Crippen LogP) is 2.60. The van der Waals surface area contributed by atoms with Gasteiger partial charge in [0.15, 0.2) is 0 Å². The van der Waals surface area contributed by atoms with Crippen molar-refractivity contribution in [2.24, 2.45) is 4.99 Å². The first kappa shape index (κ1) is 11.3. The molecule has 0 saturated carbocycles. The maximum absolute atomic E-state index is 11.5. The molecule has 0 aliphatic carbocycles. The van der Waals surface area contributed by atoms with Gasteiger partial charge in [0, 0.05) is 22.3 Å². The van der Waals surface area contributed by atoms with Gasteiger partial charge in [0.25, 0.3) is 0 Å². The van der Waals surface area contributed by atoms with Crippen LogP contribution >= 0.6 is 15.9 Å². The molecule has 0 aromatic heterocycles. The first-order valence-electron chi connectivity index (χ1n) is 5.06. The third-order valence-electron chi connectivity index (χ3n) is 2.73. The average molecular weight is 282 g/mol. The molecular weight excluding hydrogens is 270 g/mol. The highest BCUT2D eigenvalue weighted by atomic mass is 79.9. The first-order chi connectivity index (χ1) is 7.65. The molecule has 16 heavy (non-hydrogen) atoms. The summed E-state index contributed by atoms with van der Waals surface area (Å²) in [6.07, 6.45) is 0.923. The molecule has 84 valence electrons. The molecule has 0 saturated heterocycles. The van der Waals surface area contributed by atoms with E-state index in [0.29, 0.717) is 5.56 Å². The fourth-order valence-corrected chi connectivity index (χ4v) is 2.74. The van der Waals surface area contributed by atoms with Gasteiger partial charge in [-0.25, -0.2) is 4.79 Å². The quantitative estimate of drug-likeness (QED) is 0.743. The highest BCUT2D eigenvalue weighted by Crippen LogP contribution is 2.29. The highest BCUT2D eigenvalue weighted by molar-refractivity contribution is 9.10. The number of carbonyl (C=O) groups excluding carboxylic acids is 1. The molecule has 2 rings (SSSR count). The Kier molecular flexibility index (Phi) is 3.10. The number of benzene rings is 1. The van der Waals surface area contributed by atoms with Crippen LogP contribution < -0.4 is 0 Å². The van der Waals surface area contributed by atoms with Crippen molar-refractivity contribution in [2.75, 3.05) is 13.7 Å². The summed E-state index contributed by atoms with van der Waals surface area (Å²) in [6, 6.07) is 3.78. The van der Waals surface area contributed by atoms with E-state index >= 15 is 0 Å². The number of rotatable bonds is 1. The summed E-state index contributed by atoms with van der Waals surface area (Å²) in [6.45, 7) is 2.78. The standard InChI is InChI=1S/C12H12BrNO2/c1-7-10-8(5-6-14-7)3-4-9(11(10)13)12(15)16-2/h3-4H,5-6H2,1-2H3. The second-order valence-corrected chi connectivity index (χ2v) is 4.46. The Morgan fingerprint density at radius 3 is 2.94 bits per heavy atom. The molecule has 0 radical (unpaired) electrons. The maximum Gasteiger partial charge on any atom is 0.339 e. The molecule has 0 spiro atoms. The van der Waals surface area contributed by atoms with E-state index in [1.807, 2.05) is 13.0 Å². The van der Waals surface area contributed by atoms with Crippen LogP contribution in [0, 0.1) is 0 Å². The Morgan fingerprint density at radius 2 is 2.25 bits per heavy atom. The van der Waals surface area contributed by atoms with Crippen LogP contribution in [0.5, 0.6) is 0 Å². The van der Waals surface area contributed by atoms with E-state index in [2.05, 4.69) is 20.9 Å². The number of aliphatic imine (C=N–C) groups is 1. The lowest BCUT2D eigenvalue weighted by atomic mass is 9.96. The molecule has 1 aliphatic heterocycles. The van der Waals surface area contributed by atoms with E-state index in [4.69, 9.17) is 4.74 Å². The summed E-state index contributed by atoms with van der Waals surface area (Å²) in [5.41, 5.74) is 3.79. The van der Waals surface area contributed by atoms with Gasteiger partial charge < -0.3 is 4.74 Å². The lowest BCUT2D eigenvalue weighted by Crippen LogP contribution is -2.14. The molecule has 3 nitrogen and oxygen atoms in total. The number of carbonyl (C=O) groups is 1. The molecule has 4 heteroatoms. The molecule has 0 amide bonds. The minimum absolute atomic E-state index is 0.326. The third-order valence-corrected chi connectivity index (χ3v) is 3.55. The van der Waals surface area contributed by atoms with Gasteiger partial charge in [0.1, 0.15) is 0 Å². The number of ether oxygens (including phenoxy) is 1. The molecule has 1 aliphatic rings. The molecule has 1 heterocycles. The molecule has 0 unspecified atom stereocenters. The number of nitrogens with zero attached hydrogens (tertiary/aromatic N) is 1. The van der Waals surface area contributed by atoms with Gasteiger partial charge in [-0.1, -0.05) is 6.07 Å². The van der Waals surface area contributed by atoms with E-state index in [1.165, 1.54) is 12.7 Å². The smallest absolute Gasteiger partial charge is 0.339 e. The van der Waals surface area contributed by atoms with Gasteiger partial charge in [-0.3, -0.25) is 4.99 Å². The van der Waals surface area contributed by atoms with Crippen LogP contribution in [0.15, 0.2) is 21.6 Å². The fourth-order valence-electron chi connectivity index (χ4n) is 1.91. The molecule has 0 atom stereocenters. The summed E-state index contributed by atoms with van der Waals surface area (Å²) in [5, 5.41) is 0. The minimum Gasteiger partial charge on any atom is -0.465 e. The van der Waals surface area contributed by atoms with Crippen molar-refractivity contribution in [1.29, 1.82) is 0 Å². The number of halogens is 1. The summed E-state index contributed by atoms with van der Waals surface area (Å²) >= 11 is 3.47. The SMILES string of the molecule is COC(=O)c1ccc2c(c1Br)C(C)=NCC2. The van der Waals surface area contributed by atoms with Crippen LogP contribution in [0.25, 0.3) is 0 Å². The van der Waals surface area contributed by atoms with Crippen molar-refractivity contribution in [3.63, 3.8) is 0 Å². The summed E-state index contributed by atoms with van der Waals surface area (Å²) < 4.78 is 5.52. The third kappa shape index (κ3) is 1.78. The molecule has 0 fully saturated rings. The summed E-state index contributed by atoms with van der Waals surface area (Å²) in [5.74, 6) is -0.326. The van der Waals surface area contributed by atoms with E-state index in [-0.39, 0.29) is 5.97 Å². The fraction of sp³-hybridized carbons (Fsp3) is 0.333. The second-order valence-electron chi connectivity index (χ2n) is 3.67. The number of esters is 1. The van der Waals surface area contributed by atoms with Crippen LogP contribution in [0.1, 0.15) is 28.4 Å². The highest BCUT2D eigenvalue weighted by Gasteiger charge is 2.20. The zero-order chi connectivity index (χ0) is 11.7. The van der Waals surface area contributed by atoms with Crippen molar-refractivity contribution in [2.45, 2.75) is 13.3 Å². The van der Waals surface area contributed by atoms with Crippen molar-refractivity contribution in [1.82, 2.24) is 0 Å². The second kappa shape index (κ2) is 4.37. The lowest BCUT2D eigenvalue weighted by Gasteiger charge is -2.17. The Balaban J connectivity index is 2.60. The van der Waals surface area contributed by atoms with Crippen LogP contribution in [0.3, 0.4) is 0 Å². The Hall–Kier alpha value is -1.16. The summed E-state index contributed by atoms with van der Waals surface area (Å²) in [7, 11) is 1.38. The molecule has 0 N–H and O–H groups in total. The van der Waals surface area contributed by atoms with Crippen molar-refractivity contribution >= 4 is 27.6 Å². The topological polar surface area (TPSA) is 38.7 Å². The summed E-state index contributed by atoms with van der Waals surface area (Å²) in [4.78, 5) is 15.9. The van der Waals surface area contributed by atoms with Gasteiger partial charge in [0.05, 0.1) is 12.7 Å². The number of hydrogen-bond acceptors (Lipinski definition) is 3. The van der Waals surface area contributed by atoms with Crippen LogP contribution in [0.4, 0.5) is 0 Å². The van der Waals surface area contributed by atoms with E-state index in [9.17, 15) is 4.79 Å².